The molecule has 0 saturated carbocycles. The first-order chi connectivity index (χ1) is 11.4. The molecule has 1 aliphatic rings. The summed E-state index contributed by atoms with van der Waals surface area (Å²) in [5.74, 6) is -0.561. The molecule has 1 aromatic carbocycles. The zero-order valence-electron chi connectivity index (χ0n) is 13.3. The first-order valence-electron chi connectivity index (χ1n) is 7.81. The molecule has 0 amide bonds. The first kappa shape index (κ1) is 16.7. The second-order valence-electron chi connectivity index (χ2n) is 5.91. The molecule has 6 nitrogen and oxygen atoms in total. The topological polar surface area (TPSA) is 96.6 Å². The Morgan fingerprint density at radius 1 is 1.29 bits per heavy atom. The normalized spacial score (nSPS) is 14.4. The lowest BCUT2D eigenvalue weighted by Crippen LogP contribution is -2.25. The average molecular weight is 349 g/mol. The molecule has 0 bridgehead atoms. The summed E-state index contributed by atoms with van der Waals surface area (Å²) in [4.78, 5) is 11.3. The van der Waals surface area contributed by atoms with Crippen LogP contribution in [0.15, 0.2) is 33.6 Å². The van der Waals surface area contributed by atoms with Crippen LogP contribution in [0.5, 0.6) is 0 Å². The first-order valence-corrected chi connectivity index (χ1v) is 9.30. The minimum absolute atomic E-state index is 0.0429. The molecule has 7 heteroatoms. The highest BCUT2D eigenvalue weighted by Gasteiger charge is 2.23. The summed E-state index contributed by atoms with van der Waals surface area (Å²) in [5, 5.41) is 9.02. The van der Waals surface area contributed by atoms with Gasteiger partial charge in [0.15, 0.2) is 0 Å². The largest absolute Gasteiger partial charge is 0.478 e. The van der Waals surface area contributed by atoms with E-state index in [4.69, 9.17) is 9.52 Å². The van der Waals surface area contributed by atoms with Gasteiger partial charge in [-0.25, -0.2) is 17.9 Å². The number of aromatic carboxylic acids is 1. The molecule has 0 spiro atoms. The van der Waals surface area contributed by atoms with E-state index in [1.54, 1.807) is 12.1 Å². The van der Waals surface area contributed by atoms with Crippen LogP contribution in [0.25, 0.3) is 0 Å². The van der Waals surface area contributed by atoms with Crippen molar-refractivity contribution < 1.29 is 22.7 Å². The Hall–Kier alpha value is -2.12. The van der Waals surface area contributed by atoms with Crippen LogP contribution in [0.1, 0.15) is 45.8 Å². The molecule has 24 heavy (non-hydrogen) atoms. The Bertz CT molecular complexity index is 882. The predicted octanol–water partition coefficient (Wildman–Crippen LogP) is 2.64. The molecule has 2 N–H and O–H groups in total. The van der Waals surface area contributed by atoms with E-state index in [2.05, 4.69) is 4.72 Å². The van der Waals surface area contributed by atoms with Crippen LogP contribution >= 0.6 is 0 Å². The van der Waals surface area contributed by atoms with Crippen molar-refractivity contribution in [3.05, 3.63) is 52.5 Å². The summed E-state index contributed by atoms with van der Waals surface area (Å²) in [6, 6.07) is 6.70. The Morgan fingerprint density at radius 2 is 2.04 bits per heavy atom. The Kier molecular flexibility index (Phi) is 4.47. The number of rotatable bonds is 5. The number of hydrogen-bond acceptors (Lipinski definition) is 4. The number of benzene rings is 1. The van der Waals surface area contributed by atoms with E-state index < -0.39 is 16.0 Å². The zero-order valence-corrected chi connectivity index (χ0v) is 14.1. The summed E-state index contributed by atoms with van der Waals surface area (Å²) in [5.41, 5.74) is 2.02. The third-order valence-corrected chi connectivity index (χ3v) is 5.76. The highest BCUT2D eigenvalue weighted by molar-refractivity contribution is 7.89. The van der Waals surface area contributed by atoms with Gasteiger partial charge in [-0.1, -0.05) is 12.1 Å². The van der Waals surface area contributed by atoms with E-state index in [0.717, 1.165) is 36.8 Å². The molecule has 0 saturated heterocycles. The van der Waals surface area contributed by atoms with Crippen molar-refractivity contribution >= 4 is 16.0 Å². The molecule has 1 aliphatic carbocycles. The van der Waals surface area contributed by atoms with Gasteiger partial charge in [0.1, 0.15) is 17.1 Å². The van der Waals surface area contributed by atoms with Crippen LogP contribution < -0.4 is 4.72 Å². The smallest absolute Gasteiger partial charge is 0.339 e. The van der Waals surface area contributed by atoms with Crippen molar-refractivity contribution in [2.45, 2.75) is 44.0 Å². The molecular weight excluding hydrogens is 330 g/mol. The standard InChI is InChI=1S/C17H19NO5S/c1-11-15(17(19)20)9-13(23-11)10-18-24(21,22)16-8-4-6-12-5-2-3-7-14(12)16/h4,6,8-9,18H,2-3,5,7,10H2,1H3,(H,19,20). The molecule has 128 valence electrons. The molecule has 0 radical (unpaired) electrons. The van der Waals surface area contributed by atoms with Gasteiger partial charge >= 0.3 is 5.97 Å². The Balaban J connectivity index is 1.82. The molecule has 0 atom stereocenters. The summed E-state index contributed by atoms with van der Waals surface area (Å²) in [6.45, 7) is 1.45. The van der Waals surface area contributed by atoms with Gasteiger partial charge < -0.3 is 9.52 Å². The number of nitrogens with one attached hydrogen (secondary N) is 1. The minimum Gasteiger partial charge on any atom is -0.478 e. The molecule has 2 aromatic rings. The monoisotopic (exact) mass is 349 g/mol. The maximum absolute atomic E-state index is 12.6. The van der Waals surface area contributed by atoms with E-state index in [-0.39, 0.29) is 23.6 Å². The van der Waals surface area contributed by atoms with Crippen LogP contribution in [-0.4, -0.2) is 19.5 Å². The average Bonchev–Trinajstić information content (AvgIpc) is 2.94. The second kappa shape index (κ2) is 6.41. The summed E-state index contributed by atoms with van der Waals surface area (Å²) < 4.78 is 33.1. The number of carbonyl (C=O) groups is 1. The van der Waals surface area contributed by atoms with Gasteiger partial charge in [-0.2, -0.15) is 0 Å². The fraction of sp³-hybridized carbons (Fsp3) is 0.353. The summed E-state index contributed by atoms with van der Waals surface area (Å²) in [7, 11) is -3.68. The maximum atomic E-state index is 12.6. The van der Waals surface area contributed by atoms with E-state index in [0.29, 0.717) is 4.90 Å². The number of carboxylic acid groups (broad SMARTS) is 1. The Morgan fingerprint density at radius 3 is 2.75 bits per heavy atom. The van der Waals surface area contributed by atoms with Crippen LogP contribution in [0.4, 0.5) is 0 Å². The summed E-state index contributed by atoms with van der Waals surface area (Å²) >= 11 is 0. The van der Waals surface area contributed by atoms with E-state index in [9.17, 15) is 13.2 Å². The number of furan rings is 1. The third kappa shape index (κ3) is 3.22. The lowest BCUT2D eigenvalue weighted by Gasteiger charge is -2.19. The van der Waals surface area contributed by atoms with Crippen molar-refractivity contribution in [3.63, 3.8) is 0 Å². The van der Waals surface area contributed by atoms with E-state index in [1.807, 2.05) is 6.07 Å². The van der Waals surface area contributed by atoms with Gasteiger partial charge in [-0.3, -0.25) is 0 Å². The van der Waals surface area contributed by atoms with Gasteiger partial charge in [0.05, 0.1) is 11.4 Å². The number of hydrogen-bond donors (Lipinski definition) is 2. The molecular formula is C17H19NO5S. The maximum Gasteiger partial charge on any atom is 0.339 e. The number of sulfonamides is 1. The summed E-state index contributed by atoms with van der Waals surface area (Å²) in [6.07, 6.45) is 3.72. The highest BCUT2D eigenvalue weighted by Crippen LogP contribution is 2.27. The zero-order chi connectivity index (χ0) is 17.3. The lowest BCUT2D eigenvalue weighted by molar-refractivity contribution is 0.0695. The van der Waals surface area contributed by atoms with Crippen molar-refractivity contribution in [3.8, 4) is 0 Å². The third-order valence-electron chi connectivity index (χ3n) is 4.28. The van der Waals surface area contributed by atoms with Crippen LogP contribution in [0, 0.1) is 6.92 Å². The second-order valence-corrected chi connectivity index (χ2v) is 7.65. The molecule has 3 rings (SSSR count). The lowest BCUT2D eigenvalue weighted by atomic mass is 9.92. The van der Waals surface area contributed by atoms with Gasteiger partial charge in [0, 0.05) is 0 Å². The fourth-order valence-electron chi connectivity index (χ4n) is 3.09. The van der Waals surface area contributed by atoms with Crippen LogP contribution in [0.3, 0.4) is 0 Å². The number of carboxylic acids is 1. The number of fused-ring (bicyclic) bond motifs is 1. The molecule has 0 aliphatic heterocycles. The quantitative estimate of drug-likeness (QED) is 0.865. The van der Waals surface area contributed by atoms with Crippen molar-refractivity contribution in [2.75, 3.05) is 0 Å². The molecule has 0 unspecified atom stereocenters. The van der Waals surface area contributed by atoms with Gasteiger partial charge in [-0.15, -0.1) is 0 Å². The van der Waals surface area contributed by atoms with Gasteiger partial charge in [0.25, 0.3) is 0 Å². The molecule has 1 heterocycles. The van der Waals surface area contributed by atoms with Gasteiger partial charge in [0.2, 0.25) is 10.0 Å². The van der Waals surface area contributed by atoms with Crippen LogP contribution in [0.2, 0.25) is 0 Å². The van der Waals surface area contributed by atoms with Crippen LogP contribution in [-0.2, 0) is 29.4 Å². The fourth-order valence-corrected chi connectivity index (χ4v) is 4.39. The van der Waals surface area contributed by atoms with E-state index >= 15 is 0 Å². The minimum atomic E-state index is -3.68. The SMILES string of the molecule is Cc1oc(CNS(=O)(=O)c2cccc3c2CCCC3)cc1C(=O)O. The van der Waals surface area contributed by atoms with Crippen molar-refractivity contribution in [1.29, 1.82) is 0 Å². The van der Waals surface area contributed by atoms with E-state index in [1.165, 1.54) is 13.0 Å². The molecule has 1 aromatic heterocycles. The number of aryl methyl sites for hydroxylation is 2. The Labute approximate surface area is 140 Å². The van der Waals surface area contributed by atoms with Crippen molar-refractivity contribution in [1.82, 2.24) is 4.72 Å². The van der Waals surface area contributed by atoms with Gasteiger partial charge in [-0.05, 0) is 55.9 Å². The molecule has 0 fully saturated rings. The predicted molar refractivity (Wildman–Crippen MR) is 87.5 cm³/mol. The van der Waals surface area contributed by atoms with Crippen molar-refractivity contribution in [2.24, 2.45) is 0 Å². The highest BCUT2D eigenvalue weighted by atomic mass is 32.2.